The predicted octanol–water partition coefficient (Wildman–Crippen LogP) is 2.76. The number of imide groups is 1. The maximum absolute atomic E-state index is 12.7. The highest BCUT2D eigenvalue weighted by molar-refractivity contribution is 6.30. The van der Waals surface area contributed by atoms with Gasteiger partial charge in [-0.25, -0.2) is 4.79 Å². The quantitative estimate of drug-likeness (QED) is 0.455. The summed E-state index contributed by atoms with van der Waals surface area (Å²) in [5.41, 5.74) is -0.846. The van der Waals surface area contributed by atoms with Crippen LogP contribution >= 0.6 is 11.6 Å². The second-order valence-corrected chi connectivity index (χ2v) is 7.55. The molecule has 27 heavy (non-hydrogen) atoms. The van der Waals surface area contributed by atoms with Crippen molar-refractivity contribution in [1.29, 1.82) is 0 Å². The molecule has 8 heteroatoms. The molecule has 146 valence electrons. The Bertz CT molecular complexity index is 713. The Morgan fingerprint density at radius 1 is 1.22 bits per heavy atom. The van der Waals surface area contributed by atoms with E-state index in [0.29, 0.717) is 29.5 Å². The summed E-state index contributed by atoms with van der Waals surface area (Å²) >= 11 is 5.79. The highest BCUT2D eigenvalue weighted by Crippen LogP contribution is 2.36. The fraction of sp³-hybridized carbons (Fsp3) is 0.526. The number of nitrogens with zero attached hydrogens (tertiary/aromatic N) is 1. The highest BCUT2D eigenvalue weighted by atomic mass is 35.5. The van der Waals surface area contributed by atoms with Gasteiger partial charge in [0.1, 0.15) is 31.0 Å². The minimum absolute atomic E-state index is 0.0216. The third kappa shape index (κ3) is 4.53. The average Bonchev–Trinajstić information content (AvgIpc) is 2.87. The van der Waals surface area contributed by atoms with Gasteiger partial charge in [-0.15, -0.1) is 0 Å². The minimum Gasteiger partial charge on any atom is -0.490 e. The predicted molar refractivity (Wildman–Crippen MR) is 98.5 cm³/mol. The molecule has 2 aliphatic rings. The molecule has 0 unspecified atom stereocenters. The lowest BCUT2D eigenvalue weighted by Gasteiger charge is -2.33. The number of hydrogen-bond donors (Lipinski definition) is 1. The van der Waals surface area contributed by atoms with E-state index in [0.717, 1.165) is 17.7 Å². The molecule has 1 spiro atoms. The first-order valence-electron chi connectivity index (χ1n) is 9.08. The first kappa shape index (κ1) is 19.5. The summed E-state index contributed by atoms with van der Waals surface area (Å²) in [6.45, 7) is 1.93. The van der Waals surface area contributed by atoms with E-state index in [1.807, 2.05) is 0 Å². The molecule has 0 radical (unpaired) electrons. The van der Waals surface area contributed by atoms with E-state index in [1.54, 1.807) is 24.3 Å². The standard InChI is InChI=1S/C19H23ClN2O5/c1-13-6-8-19(9-7-13)17(24)22(18(25)21-19)12-16(23)27-11-10-26-15-4-2-14(20)3-5-15/h2-5,13H,6-12H2,1H3,(H,21,25). The van der Waals surface area contributed by atoms with Crippen molar-refractivity contribution in [3.05, 3.63) is 29.3 Å². The van der Waals surface area contributed by atoms with Gasteiger partial charge in [0.2, 0.25) is 0 Å². The van der Waals surface area contributed by atoms with Crippen molar-refractivity contribution in [1.82, 2.24) is 10.2 Å². The maximum atomic E-state index is 12.7. The number of carbonyl (C=O) groups excluding carboxylic acids is 3. The second-order valence-electron chi connectivity index (χ2n) is 7.11. The van der Waals surface area contributed by atoms with Crippen LogP contribution in [0.25, 0.3) is 0 Å². The number of ether oxygens (including phenoxy) is 2. The molecule has 1 saturated carbocycles. The van der Waals surface area contributed by atoms with Crippen molar-refractivity contribution in [3.63, 3.8) is 0 Å². The third-order valence-electron chi connectivity index (χ3n) is 5.09. The van der Waals surface area contributed by atoms with E-state index in [1.165, 1.54) is 0 Å². The Labute approximate surface area is 162 Å². The van der Waals surface area contributed by atoms with E-state index < -0.39 is 17.5 Å². The summed E-state index contributed by atoms with van der Waals surface area (Å²) in [5.74, 6) is 0.186. The average molecular weight is 395 g/mol. The Balaban J connectivity index is 1.44. The van der Waals surface area contributed by atoms with Gasteiger partial charge in [-0.2, -0.15) is 0 Å². The van der Waals surface area contributed by atoms with Gasteiger partial charge in [-0.3, -0.25) is 14.5 Å². The molecule has 7 nitrogen and oxygen atoms in total. The van der Waals surface area contributed by atoms with Crippen LogP contribution < -0.4 is 10.1 Å². The molecule has 1 aromatic carbocycles. The number of rotatable bonds is 6. The molecule has 1 aliphatic carbocycles. The minimum atomic E-state index is -0.846. The summed E-state index contributed by atoms with van der Waals surface area (Å²) in [6.07, 6.45) is 2.98. The van der Waals surface area contributed by atoms with Crippen molar-refractivity contribution in [3.8, 4) is 5.75 Å². The lowest BCUT2D eigenvalue weighted by Crippen LogP contribution is -2.49. The fourth-order valence-corrected chi connectivity index (χ4v) is 3.56. The van der Waals surface area contributed by atoms with E-state index in [-0.39, 0.29) is 25.7 Å². The Hall–Kier alpha value is -2.28. The molecule has 1 heterocycles. The number of halogens is 1. The van der Waals surface area contributed by atoms with Crippen molar-refractivity contribution in [2.45, 2.75) is 38.1 Å². The summed E-state index contributed by atoms with van der Waals surface area (Å²) in [7, 11) is 0. The smallest absolute Gasteiger partial charge is 0.326 e. The highest BCUT2D eigenvalue weighted by Gasteiger charge is 2.52. The SMILES string of the molecule is CC1CCC2(CC1)NC(=O)N(CC(=O)OCCOc1ccc(Cl)cc1)C2=O. The molecule has 3 amide bonds. The van der Waals surface area contributed by atoms with Gasteiger partial charge in [0.25, 0.3) is 5.91 Å². The first-order chi connectivity index (χ1) is 12.9. The molecule has 1 N–H and O–H groups in total. The summed E-state index contributed by atoms with van der Waals surface area (Å²) < 4.78 is 10.5. The monoisotopic (exact) mass is 394 g/mol. The lowest BCUT2D eigenvalue weighted by atomic mass is 9.77. The zero-order valence-corrected chi connectivity index (χ0v) is 16.0. The number of esters is 1. The van der Waals surface area contributed by atoms with Gasteiger partial charge in [0.05, 0.1) is 0 Å². The van der Waals surface area contributed by atoms with E-state index >= 15 is 0 Å². The maximum Gasteiger partial charge on any atom is 0.326 e. The zero-order chi connectivity index (χ0) is 19.4. The van der Waals surface area contributed by atoms with Crippen LogP contribution in [-0.4, -0.2) is 48.1 Å². The fourth-order valence-electron chi connectivity index (χ4n) is 3.43. The van der Waals surface area contributed by atoms with Crippen LogP contribution in [0, 0.1) is 5.92 Å². The number of nitrogens with one attached hydrogen (secondary N) is 1. The molecule has 3 rings (SSSR count). The van der Waals surface area contributed by atoms with Gasteiger partial charge in [-0.05, 0) is 55.9 Å². The van der Waals surface area contributed by atoms with Crippen molar-refractivity contribution < 1.29 is 23.9 Å². The Kier molecular flexibility index (Phi) is 5.89. The topological polar surface area (TPSA) is 84.9 Å². The molecule has 1 saturated heterocycles. The molecule has 2 fully saturated rings. The summed E-state index contributed by atoms with van der Waals surface area (Å²) in [4.78, 5) is 37.8. The van der Waals surface area contributed by atoms with Crippen molar-refractivity contribution in [2.75, 3.05) is 19.8 Å². The van der Waals surface area contributed by atoms with Gasteiger partial charge < -0.3 is 14.8 Å². The Morgan fingerprint density at radius 2 is 1.89 bits per heavy atom. The zero-order valence-electron chi connectivity index (χ0n) is 15.2. The molecule has 0 aromatic heterocycles. The number of benzene rings is 1. The van der Waals surface area contributed by atoms with E-state index in [2.05, 4.69) is 12.2 Å². The van der Waals surface area contributed by atoms with Gasteiger partial charge >= 0.3 is 12.0 Å². The molecule has 0 bridgehead atoms. The van der Waals surface area contributed by atoms with Gasteiger partial charge in [0, 0.05) is 5.02 Å². The normalized spacial score (nSPS) is 24.8. The van der Waals surface area contributed by atoms with Crippen LogP contribution in [0.5, 0.6) is 5.75 Å². The molecule has 1 aliphatic heterocycles. The largest absolute Gasteiger partial charge is 0.490 e. The third-order valence-corrected chi connectivity index (χ3v) is 5.34. The summed E-state index contributed by atoms with van der Waals surface area (Å²) in [5, 5.41) is 3.39. The molecule has 0 atom stereocenters. The van der Waals surface area contributed by atoms with Crippen LogP contribution in [0.3, 0.4) is 0 Å². The number of urea groups is 1. The van der Waals surface area contributed by atoms with Crippen LogP contribution in [0.1, 0.15) is 32.6 Å². The second kappa shape index (κ2) is 8.17. The number of amides is 3. The van der Waals surface area contributed by atoms with E-state index in [9.17, 15) is 14.4 Å². The number of hydrogen-bond acceptors (Lipinski definition) is 5. The van der Waals surface area contributed by atoms with Crippen molar-refractivity contribution in [2.24, 2.45) is 5.92 Å². The number of carbonyl (C=O) groups is 3. The first-order valence-corrected chi connectivity index (χ1v) is 9.45. The van der Waals surface area contributed by atoms with Crippen LogP contribution in [0.15, 0.2) is 24.3 Å². The van der Waals surface area contributed by atoms with Crippen molar-refractivity contribution >= 4 is 29.5 Å². The lowest BCUT2D eigenvalue weighted by molar-refractivity contribution is -0.148. The molecular weight excluding hydrogens is 372 g/mol. The van der Waals surface area contributed by atoms with Crippen LogP contribution in [0.2, 0.25) is 5.02 Å². The van der Waals surface area contributed by atoms with Gasteiger partial charge in [-0.1, -0.05) is 18.5 Å². The summed E-state index contributed by atoms with van der Waals surface area (Å²) in [6, 6.07) is 6.29. The molecular formula is C19H23ClN2O5. The van der Waals surface area contributed by atoms with Gasteiger partial charge in [0.15, 0.2) is 0 Å². The van der Waals surface area contributed by atoms with Crippen LogP contribution in [-0.2, 0) is 14.3 Å². The molecule has 1 aromatic rings. The Morgan fingerprint density at radius 3 is 2.56 bits per heavy atom. The van der Waals surface area contributed by atoms with E-state index in [4.69, 9.17) is 21.1 Å². The van der Waals surface area contributed by atoms with Crippen LogP contribution in [0.4, 0.5) is 4.79 Å².